The molecular weight excluding hydrogens is 330 g/mol. The molecule has 1 saturated carbocycles. The lowest BCUT2D eigenvalue weighted by Gasteiger charge is -2.14. The number of Topliss-reactive ketones (excluding diaryl/α,β-unsaturated/α-hetero) is 1. The van der Waals surface area contributed by atoms with Gasteiger partial charge in [0.2, 0.25) is 11.7 Å². The summed E-state index contributed by atoms with van der Waals surface area (Å²) in [6.07, 6.45) is 5.32. The van der Waals surface area contributed by atoms with Gasteiger partial charge in [0.05, 0.1) is 0 Å². The van der Waals surface area contributed by atoms with Crippen LogP contribution in [0.15, 0.2) is 24.3 Å². The molecule has 0 aromatic heterocycles. The van der Waals surface area contributed by atoms with Crippen LogP contribution in [0.3, 0.4) is 0 Å². The number of carbonyl (C=O) groups excluding carboxylic acids is 3. The van der Waals surface area contributed by atoms with Gasteiger partial charge in [-0.2, -0.15) is 0 Å². The lowest BCUT2D eigenvalue weighted by atomic mass is 10.0. The number of ketones is 1. The first kappa shape index (κ1) is 20.1. The monoisotopic (exact) mass is 359 g/mol. The van der Waals surface area contributed by atoms with Crippen molar-refractivity contribution in [3.63, 3.8) is 0 Å². The van der Waals surface area contributed by atoms with Crippen molar-refractivity contribution >= 4 is 23.3 Å². The predicted molar refractivity (Wildman–Crippen MR) is 101 cm³/mol. The van der Waals surface area contributed by atoms with Gasteiger partial charge in [-0.05, 0) is 43.5 Å². The fourth-order valence-corrected chi connectivity index (χ4v) is 3.17. The molecule has 0 unspecified atom stereocenters. The average Bonchev–Trinajstić information content (AvgIpc) is 3.13. The molecule has 1 aliphatic rings. The van der Waals surface area contributed by atoms with Crippen molar-refractivity contribution in [1.82, 2.24) is 0 Å². The number of hydrogen-bond acceptors (Lipinski definition) is 4. The van der Waals surface area contributed by atoms with E-state index >= 15 is 0 Å². The molecule has 1 aromatic carbocycles. The molecule has 0 heterocycles. The number of benzene rings is 1. The first-order valence-electron chi connectivity index (χ1n) is 9.51. The molecule has 2 rings (SSSR count). The van der Waals surface area contributed by atoms with E-state index in [0.29, 0.717) is 23.6 Å². The normalized spacial score (nSPS) is 15.7. The highest BCUT2D eigenvalue weighted by Crippen LogP contribution is 2.28. The second-order valence-electron chi connectivity index (χ2n) is 7.41. The van der Waals surface area contributed by atoms with Crippen molar-refractivity contribution in [2.24, 2.45) is 11.8 Å². The van der Waals surface area contributed by atoms with Gasteiger partial charge in [0.15, 0.2) is 6.10 Å². The molecule has 1 fully saturated rings. The van der Waals surface area contributed by atoms with E-state index in [9.17, 15) is 14.4 Å². The molecular formula is C21H29NO4. The van der Waals surface area contributed by atoms with E-state index in [1.807, 2.05) is 13.8 Å². The van der Waals surface area contributed by atoms with Crippen LogP contribution in [0.4, 0.5) is 5.69 Å². The number of esters is 1. The van der Waals surface area contributed by atoms with E-state index in [4.69, 9.17) is 4.74 Å². The van der Waals surface area contributed by atoms with Crippen molar-refractivity contribution in [2.75, 3.05) is 5.32 Å². The minimum Gasteiger partial charge on any atom is -0.454 e. The number of rotatable bonds is 8. The highest BCUT2D eigenvalue weighted by atomic mass is 16.5. The summed E-state index contributed by atoms with van der Waals surface area (Å²) in [5.41, 5.74) is 1.10. The second kappa shape index (κ2) is 9.51. The topological polar surface area (TPSA) is 72.5 Å². The third kappa shape index (κ3) is 5.97. The van der Waals surface area contributed by atoms with E-state index in [-0.39, 0.29) is 23.6 Å². The maximum absolute atomic E-state index is 12.4. The summed E-state index contributed by atoms with van der Waals surface area (Å²) >= 11 is 0. The fraction of sp³-hybridized carbons (Fsp3) is 0.571. The van der Waals surface area contributed by atoms with Gasteiger partial charge in [0, 0.05) is 23.6 Å². The summed E-state index contributed by atoms with van der Waals surface area (Å²) in [4.78, 5) is 36.1. The third-order valence-corrected chi connectivity index (χ3v) is 4.87. The number of ether oxygens (including phenoxy) is 1. The summed E-state index contributed by atoms with van der Waals surface area (Å²) in [5.74, 6) is -0.102. The Morgan fingerprint density at radius 1 is 1.08 bits per heavy atom. The van der Waals surface area contributed by atoms with Crippen LogP contribution >= 0.6 is 0 Å². The van der Waals surface area contributed by atoms with Crippen LogP contribution in [0.1, 0.15) is 69.7 Å². The first-order valence-corrected chi connectivity index (χ1v) is 9.51. The van der Waals surface area contributed by atoms with E-state index < -0.39 is 6.10 Å². The third-order valence-electron chi connectivity index (χ3n) is 4.87. The Balaban J connectivity index is 1.82. The van der Waals surface area contributed by atoms with Crippen LogP contribution in [0.25, 0.3) is 0 Å². The molecule has 26 heavy (non-hydrogen) atoms. The number of amides is 1. The average molecular weight is 359 g/mol. The number of anilines is 1. The van der Waals surface area contributed by atoms with E-state index in [1.165, 1.54) is 25.7 Å². The van der Waals surface area contributed by atoms with Crippen molar-refractivity contribution in [3.05, 3.63) is 29.8 Å². The zero-order chi connectivity index (χ0) is 19.1. The smallest absolute Gasteiger partial charge is 0.306 e. The lowest BCUT2D eigenvalue weighted by Crippen LogP contribution is -2.24. The SMILES string of the molecule is CC(C)C(=O)Nc1ccc(C(=O)[C@H](C)OC(=O)CCC2CCCC2)cc1. The molecule has 1 aliphatic carbocycles. The maximum atomic E-state index is 12.4. The number of hydrogen-bond donors (Lipinski definition) is 1. The largest absolute Gasteiger partial charge is 0.454 e. The Morgan fingerprint density at radius 3 is 2.27 bits per heavy atom. The minimum absolute atomic E-state index is 0.0753. The van der Waals surface area contributed by atoms with E-state index in [1.54, 1.807) is 31.2 Å². The zero-order valence-corrected chi connectivity index (χ0v) is 15.9. The highest BCUT2D eigenvalue weighted by Gasteiger charge is 2.21. The number of carbonyl (C=O) groups is 3. The Hall–Kier alpha value is -2.17. The van der Waals surface area contributed by atoms with Crippen LogP contribution < -0.4 is 5.32 Å². The summed E-state index contributed by atoms with van der Waals surface area (Å²) < 4.78 is 5.29. The van der Waals surface area contributed by atoms with Gasteiger partial charge in [-0.25, -0.2) is 0 Å². The zero-order valence-electron chi connectivity index (χ0n) is 15.9. The highest BCUT2D eigenvalue weighted by molar-refractivity contribution is 6.00. The molecule has 142 valence electrons. The first-order chi connectivity index (χ1) is 12.4. The minimum atomic E-state index is -0.804. The molecule has 1 amide bonds. The fourth-order valence-electron chi connectivity index (χ4n) is 3.17. The quantitative estimate of drug-likeness (QED) is 0.553. The van der Waals surface area contributed by atoms with Gasteiger partial charge < -0.3 is 10.1 Å². The van der Waals surface area contributed by atoms with Crippen molar-refractivity contribution < 1.29 is 19.1 Å². The molecule has 0 radical (unpaired) electrons. The maximum Gasteiger partial charge on any atom is 0.306 e. The van der Waals surface area contributed by atoms with Gasteiger partial charge in [0.25, 0.3) is 0 Å². The molecule has 0 spiro atoms. The van der Waals surface area contributed by atoms with Gasteiger partial charge in [0.1, 0.15) is 0 Å². The lowest BCUT2D eigenvalue weighted by molar-refractivity contribution is -0.146. The molecule has 5 heteroatoms. The molecule has 1 atom stereocenters. The van der Waals surface area contributed by atoms with Crippen LogP contribution in [0.2, 0.25) is 0 Å². The van der Waals surface area contributed by atoms with Crippen molar-refractivity contribution in [1.29, 1.82) is 0 Å². The Kier molecular flexibility index (Phi) is 7.37. The Labute approximate surface area is 155 Å². The molecule has 0 aliphatic heterocycles. The Bertz CT molecular complexity index is 630. The van der Waals surface area contributed by atoms with Gasteiger partial charge in [-0.3, -0.25) is 14.4 Å². The second-order valence-corrected chi connectivity index (χ2v) is 7.41. The van der Waals surface area contributed by atoms with Crippen LogP contribution in [-0.2, 0) is 14.3 Å². The summed E-state index contributed by atoms with van der Waals surface area (Å²) in [7, 11) is 0. The molecule has 0 saturated heterocycles. The van der Waals surface area contributed by atoms with Gasteiger partial charge >= 0.3 is 5.97 Å². The summed E-state index contributed by atoms with van der Waals surface area (Å²) in [5, 5.41) is 2.78. The summed E-state index contributed by atoms with van der Waals surface area (Å²) in [6, 6.07) is 6.65. The Morgan fingerprint density at radius 2 is 1.69 bits per heavy atom. The predicted octanol–water partition coefficient (Wildman–Crippen LogP) is 4.37. The number of nitrogens with one attached hydrogen (secondary N) is 1. The molecule has 5 nitrogen and oxygen atoms in total. The molecule has 1 N–H and O–H groups in total. The van der Waals surface area contributed by atoms with Crippen LogP contribution in [0.5, 0.6) is 0 Å². The standard InChI is InChI=1S/C21H29NO4/c1-14(2)21(25)22-18-11-9-17(10-12-18)20(24)15(3)26-19(23)13-8-16-6-4-5-7-16/h9-12,14-16H,4-8,13H2,1-3H3,(H,22,25)/t15-/m0/s1. The van der Waals surface area contributed by atoms with E-state index in [2.05, 4.69) is 5.32 Å². The van der Waals surface area contributed by atoms with Crippen LogP contribution in [0, 0.1) is 11.8 Å². The van der Waals surface area contributed by atoms with Gasteiger partial charge in [-0.15, -0.1) is 0 Å². The van der Waals surface area contributed by atoms with Crippen molar-refractivity contribution in [3.8, 4) is 0 Å². The van der Waals surface area contributed by atoms with Crippen LogP contribution in [-0.4, -0.2) is 23.8 Å². The van der Waals surface area contributed by atoms with E-state index in [0.717, 1.165) is 6.42 Å². The van der Waals surface area contributed by atoms with Crippen molar-refractivity contribution in [2.45, 2.75) is 65.4 Å². The molecule has 1 aromatic rings. The molecule has 0 bridgehead atoms. The summed E-state index contributed by atoms with van der Waals surface area (Å²) in [6.45, 7) is 5.23. The van der Waals surface area contributed by atoms with Gasteiger partial charge in [-0.1, -0.05) is 39.5 Å².